The Morgan fingerprint density at radius 3 is 2.89 bits per heavy atom. The maximum absolute atomic E-state index is 11.2. The van der Waals surface area contributed by atoms with Crippen LogP contribution in [-0.4, -0.2) is 35.5 Å². The Balaban J connectivity index is 1.87. The second-order valence-corrected chi connectivity index (χ2v) is 8.03. The second kappa shape index (κ2) is 10.7. The lowest BCUT2D eigenvalue weighted by Gasteiger charge is -2.19. The Hall–Kier alpha value is -1.57. The van der Waals surface area contributed by atoms with Gasteiger partial charge in [-0.15, -0.1) is 11.8 Å². The van der Waals surface area contributed by atoms with E-state index in [0.29, 0.717) is 24.7 Å². The number of carbonyl (C=O) groups excluding carboxylic acids is 1. The van der Waals surface area contributed by atoms with E-state index in [1.54, 1.807) is 0 Å². The molecule has 4 heteroatoms. The van der Waals surface area contributed by atoms with Crippen LogP contribution in [-0.2, 0) is 9.53 Å². The van der Waals surface area contributed by atoms with E-state index >= 15 is 0 Å². The highest BCUT2D eigenvalue weighted by atomic mass is 16.5. The number of aliphatic hydroxyl groups excluding tert-OH is 2. The van der Waals surface area contributed by atoms with E-state index in [1.165, 1.54) is 12.7 Å². The summed E-state index contributed by atoms with van der Waals surface area (Å²) in [6.45, 7) is 3.81. The standard InChI is InChI=1S/C23H34O4/c1-4-5-8-16(2)21(24)12-11-19-20-14-17(13-18(20)15-22(19)25)9-6-7-10-23(26)27-3/h9,11-12,16,18-22,24-25H,6-8,10,13-15H2,1-3H3/b12-11+,17-9+/t16-,18-,19+,20-,21+,22+/m0/s1. The van der Waals surface area contributed by atoms with Gasteiger partial charge in [-0.2, -0.15) is 0 Å². The Labute approximate surface area is 163 Å². The molecule has 27 heavy (non-hydrogen) atoms. The zero-order valence-corrected chi connectivity index (χ0v) is 16.9. The maximum Gasteiger partial charge on any atom is 0.305 e. The topological polar surface area (TPSA) is 66.8 Å². The lowest BCUT2D eigenvalue weighted by atomic mass is 9.89. The number of hydrogen-bond donors (Lipinski definition) is 2. The third-order valence-corrected chi connectivity index (χ3v) is 6.07. The van der Waals surface area contributed by atoms with E-state index in [4.69, 9.17) is 0 Å². The minimum atomic E-state index is -0.521. The van der Waals surface area contributed by atoms with Gasteiger partial charge in [-0.25, -0.2) is 0 Å². The molecule has 0 saturated heterocycles. The van der Waals surface area contributed by atoms with Crippen LogP contribution in [0.4, 0.5) is 0 Å². The SMILES string of the molecule is CC#CC[C@H](C)[C@H](O)/C=C/[C@@H]1[C@H]2C/C(=C/CCCC(=O)OC)C[C@H]2C[C@H]1O. The van der Waals surface area contributed by atoms with Crippen molar-refractivity contribution in [2.45, 2.75) is 71.0 Å². The van der Waals surface area contributed by atoms with Gasteiger partial charge in [0.2, 0.25) is 0 Å². The van der Waals surface area contributed by atoms with Crippen LogP contribution < -0.4 is 0 Å². The molecule has 0 radical (unpaired) electrons. The molecule has 4 nitrogen and oxygen atoms in total. The highest BCUT2D eigenvalue weighted by molar-refractivity contribution is 5.69. The first-order valence-electron chi connectivity index (χ1n) is 10.1. The molecule has 0 aromatic carbocycles. The van der Waals surface area contributed by atoms with Gasteiger partial charge < -0.3 is 14.9 Å². The van der Waals surface area contributed by atoms with E-state index in [0.717, 1.165) is 32.1 Å². The van der Waals surface area contributed by atoms with Crippen LogP contribution in [0.2, 0.25) is 0 Å². The lowest BCUT2D eigenvalue weighted by Crippen LogP contribution is -2.19. The van der Waals surface area contributed by atoms with Crippen LogP contribution in [0.15, 0.2) is 23.8 Å². The fourth-order valence-electron chi connectivity index (χ4n) is 4.41. The maximum atomic E-state index is 11.2. The highest BCUT2D eigenvalue weighted by Gasteiger charge is 2.44. The molecule has 2 aliphatic carbocycles. The van der Waals surface area contributed by atoms with Crippen molar-refractivity contribution in [3.05, 3.63) is 23.8 Å². The molecule has 2 rings (SSSR count). The van der Waals surface area contributed by atoms with Gasteiger partial charge in [0.25, 0.3) is 0 Å². The first-order valence-corrected chi connectivity index (χ1v) is 10.1. The average molecular weight is 375 g/mol. The summed E-state index contributed by atoms with van der Waals surface area (Å²) in [5.74, 6) is 6.93. The molecule has 2 fully saturated rings. The fraction of sp³-hybridized carbons (Fsp3) is 0.696. The number of esters is 1. The molecule has 0 heterocycles. The third kappa shape index (κ3) is 6.23. The van der Waals surface area contributed by atoms with Crippen molar-refractivity contribution in [2.24, 2.45) is 23.7 Å². The minimum Gasteiger partial charge on any atom is -0.469 e. The van der Waals surface area contributed by atoms with Crippen LogP contribution in [0.1, 0.15) is 58.8 Å². The molecule has 6 atom stereocenters. The zero-order valence-electron chi connectivity index (χ0n) is 16.9. The summed E-state index contributed by atoms with van der Waals surface area (Å²) < 4.78 is 4.67. The molecule has 2 saturated carbocycles. The van der Waals surface area contributed by atoms with Crippen molar-refractivity contribution in [3.63, 3.8) is 0 Å². The van der Waals surface area contributed by atoms with E-state index in [9.17, 15) is 15.0 Å². The number of rotatable bonds is 8. The quantitative estimate of drug-likeness (QED) is 0.295. The Morgan fingerprint density at radius 1 is 1.41 bits per heavy atom. The van der Waals surface area contributed by atoms with Crippen LogP contribution >= 0.6 is 0 Å². The molecule has 0 bridgehead atoms. The summed E-state index contributed by atoms with van der Waals surface area (Å²) in [6.07, 6.45) is 11.1. The summed E-state index contributed by atoms with van der Waals surface area (Å²) in [6, 6.07) is 0. The van der Waals surface area contributed by atoms with Gasteiger partial charge in [0.05, 0.1) is 19.3 Å². The Morgan fingerprint density at radius 2 is 2.19 bits per heavy atom. The smallest absolute Gasteiger partial charge is 0.305 e. The van der Waals surface area contributed by atoms with Crippen molar-refractivity contribution in [3.8, 4) is 11.8 Å². The number of aliphatic hydroxyl groups is 2. The normalized spacial score (nSPS) is 30.8. The number of unbranched alkanes of at least 4 members (excludes halogenated alkanes) is 1. The number of allylic oxidation sites excluding steroid dienone is 2. The van der Waals surface area contributed by atoms with Crippen molar-refractivity contribution in [1.82, 2.24) is 0 Å². The van der Waals surface area contributed by atoms with Gasteiger partial charge >= 0.3 is 5.97 Å². The van der Waals surface area contributed by atoms with Gasteiger partial charge in [-0.3, -0.25) is 4.79 Å². The van der Waals surface area contributed by atoms with Gasteiger partial charge in [-0.1, -0.05) is 30.7 Å². The van der Waals surface area contributed by atoms with Crippen LogP contribution in [0.5, 0.6) is 0 Å². The molecule has 0 amide bonds. The monoisotopic (exact) mass is 374 g/mol. The Kier molecular flexibility index (Phi) is 8.60. The van der Waals surface area contributed by atoms with Crippen molar-refractivity contribution >= 4 is 5.97 Å². The molecule has 0 aromatic rings. The summed E-state index contributed by atoms with van der Waals surface area (Å²) in [7, 11) is 1.42. The molecule has 0 aromatic heterocycles. The summed E-state index contributed by atoms with van der Waals surface area (Å²) in [5, 5.41) is 20.8. The number of methoxy groups -OCH3 is 1. The van der Waals surface area contributed by atoms with Crippen molar-refractivity contribution < 1.29 is 19.7 Å². The predicted octanol–water partition coefficient (Wildman–Crippen LogP) is 3.63. The number of fused-ring (bicyclic) bond motifs is 1. The van der Waals surface area contributed by atoms with Gasteiger partial charge in [-0.05, 0) is 56.8 Å². The summed E-state index contributed by atoms with van der Waals surface area (Å²) in [4.78, 5) is 11.2. The van der Waals surface area contributed by atoms with E-state index in [1.807, 2.05) is 26.0 Å². The molecular formula is C23H34O4. The van der Waals surface area contributed by atoms with E-state index in [2.05, 4.69) is 22.7 Å². The van der Waals surface area contributed by atoms with Gasteiger partial charge in [0.1, 0.15) is 0 Å². The minimum absolute atomic E-state index is 0.0943. The van der Waals surface area contributed by atoms with E-state index in [-0.39, 0.29) is 23.9 Å². The second-order valence-electron chi connectivity index (χ2n) is 8.03. The first kappa shape index (κ1) is 21.7. The van der Waals surface area contributed by atoms with Gasteiger partial charge in [0.15, 0.2) is 0 Å². The predicted molar refractivity (Wildman–Crippen MR) is 107 cm³/mol. The average Bonchev–Trinajstić information content (AvgIpc) is 3.17. The molecule has 0 aliphatic heterocycles. The summed E-state index contributed by atoms with van der Waals surface area (Å²) >= 11 is 0. The number of ether oxygens (including phenoxy) is 1. The van der Waals surface area contributed by atoms with E-state index < -0.39 is 6.10 Å². The summed E-state index contributed by atoms with van der Waals surface area (Å²) in [5.41, 5.74) is 1.45. The zero-order chi connectivity index (χ0) is 19.8. The molecular weight excluding hydrogens is 340 g/mol. The lowest BCUT2D eigenvalue weighted by molar-refractivity contribution is -0.140. The fourth-order valence-corrected chi connectivity index (χ4v) is 4.41. The molecule has 150 valence electrons. The Bertz CT molecular complexity index is 610. The number of hydrogen-bond acceptors (Lipinski definition) is 4. The molecule has 0 spiro atoms. The largest absolute Gasteiger partial charge is 0.469 e. The molecule has 0 unspecified atom stereocenters. The van der Waals surface area contributed by atoms with Crippen LogP contribution in [0.25, 0.3) is 0 Å². The van der Waals surface area contributed by atoms with Crippen LogP contribution in [0.3, 0.4) is 0 Å². The van der Waals surface area contributed by atoms with Crippen molar-refractivity contribution in [2.75, 3.05) is 7.11 Å². The van der Waals surface area contributed by atoms with Crippen LogP contribution in [0, 0.1) is 35.5 Å². The molecule has 2 N–H and O–H groups in total. The first-order chi connectivity index (χ1) is 13.0. The number of carbonyl (C=O) groups is 1. The highest BCUT2D eigenvalue weighted by Crippen LogP contribution is 2.50. The molecule has 2 aliphatic rings. The van der Waals surface area contributed by atoms with Gasteiger partial charge in [0, 0.05) is 18.8 Å². The van der Waals surface area contributed by atoms with Crippen molar-refractivity contribution in [1.29, 1.82) is 0 Å². The third-order valence-electron chi connectivity index (χ3n) is 6.07.